The molecule has 18 heteroatoms. The Balaban J connectivity index is 1.58. The van der Waals surface area contributed by atoms with Gasteiger partial charge in [0.25, 0.3) is 23.6 Å². The molecule has 4 saturated heterocycles. The Morgan fingerprint density at radius 2 is 0.747 bits per heavy atom. The first kappa shape index (κ1) is 59.8. The standard InChI is InChI=1S/C57H83N5O13/c1-33(2)24-44-54(67)71-38(10)51(64)59(12)47(27-36(7)8)57(70)75-49(29-40-20-22-41(23-21-40)62-31-42-30-43(32-62)73-42)53(66)61(14)45(25-34(3)4)55(68)72-37(9)50(63)58(11)46(26-35(5)6)56(69)74-48(52(65)60(44)13)28-39-18-16-15-17-19-39/h15-23,33-38,42-49H,24-32H2,1-14H3/t37-,38-,42?,43?,44+,45+,46+,47+,48-,49-/m1/s1. The highest BCUT2D eigenvalue weighted by molar-refractivity contribution is 5.94. The molecule has 0 saturated carbocycles. The number of hydrogen-bond acceptors (Lipinski definition) is 14. The van der Waals surface area contributed by atoms with Crippen molar-refractivity contribution in [2.45, 2.75) is 175 Å². The molecule has 4 heterocycles. The van der Waals surface area contributed by atoms with E-state index in [0.29, 0.717) is 11.1 Å². The second-order valence-electron chi connectivity index (χ2n) is 22.5. The van der Waals surface area contributed by atoms with Crippen LogP contribution in [0.3, 0.4) is 0 Å². The van der Waals surface area contributed by atoms with Gasteiger partial charge in [-0.05, 0) is 86.5 Å². The summed E-state index contributed by atoms with van der Waals surface area (Å²) in [6.07, 6.45) is -4.28. The zero-order chi connectivity index (χ0) is 55.6. The van der Waals surface area contributed by atoms with E-state index in [1.807, 2.05) is 79.7 Å². The molecule has 2 bridgehead atoms. The number of benzene rings is 2. The highest BCUT2D eigenvalue weighted by Crippen LogP contribution is 2.32. The van der Waals surface area contributed by atoms with Gasteiger partial charge in [0.15, 0.2) is 24.4 Å². The summed E-state index contributed by atoms with van der Waals surface area (Å²) in [6.45, 7) is 19.1. The van der Waals surface area contributed by atoms with E-state index in [-0.39, 0.29) is 74.4 Å². The number of likely N-dealkylation sites (N-methyl/N-ethyl adjacent to an activating group) is 4. The van der Waals surface area contributed by atoms with Crippen LogP contribution in [0.5, 0.6) is 0 Å². The Morgan fingerprint density at radius 3 is 1.08 bits per heavy atom. The predicted molar refractivity (Wildman–Crippen MR) is 281 cm³/mol. The molecule has 4 fully saturated rings. The molecule has 0 aromatic heterocycles. The van der Waals surface area contributed by atoms with Gasteiger partial charge in [-0.25, -0.2) is 19.2 Å². The number of carbonyl (C=O) groups excluding carboxylic acids is 8. The Labute approximate surface area is 444 Å². The van der Waals surface area contributed by atoms with Crippen molar-refractivity contribution in [1.82, 2.24) is 19.6 Å². The lowest BCUT2D eigenvalue weighted by Gasteiger charge is -2.48. The number of amides is 4. The molecule has 4 aliphatic heterocycles. The SMILES string of the molecule is CC(C)C[C@H]1C(=O)O[C@H](Cc2ccc(N3CC4CC(C3)O4)cc2)C(=O)N(C)[C@@H](CC(C)C)C(=O)O[C@H](C)C(=O)N(C)[C@@H](CC(C)C)C(=O)O[C@H](Cc2ccccc2)C(=O)N(C)[C@@H](CC(C)C)C(=O)O[C@H](C)C(=O)N1C. The Kier molecular flexibility index (Phi) is 21.2. The fourth-order valence-corrected chi connectivity index (χ4v) is 9.93. The van der Waals surface area contributed by atoms with Gasteiger partial charge in [0.1, 0.15) is 24.2 Å². The number of ether oxygens (including phenoxy) is 5. The minimum Gasteiger partial charge on any atom is -0.451 e. The molecule has 414 valence electrons. The van der Waals surface area contributed by atoms with Crippen molar-refractivity contribution in [3.8, 4) is 0 Å². The maximum atomic E-state index is 15.0. The number of carbonyl (C=O) groups is 8. The number of esters is 4. The number of cyclic esters (lactones) is 4. The van der Waals surface area contributed by atoms with Crippen LogP contribution in [0.4, 0.5) is 5.69 Å². The second-order valence-corrected chi connectivity index (χ2v) is 22.5. The van der Waals surface area contributed by atoms with Gasteiger partial charge in [-0.2, -0.15) is 0 Å². The zero-order valence-electron chi connectivity index (χ0n) is 46.7. The normalized spacial score (nSPS) is 27.6. The van der Waals surface area contributed by atoms with Gasteiger partial charge < -0.3 is 48.2 Å². The van der Waals surface area contributed by atoms with Crippen molar-refractivity contribution >= 4 is 53.2 Å². The lowest BCUT2D eigenvalue weighted by atomic mass is 9.97. The summed E-state index contributed by atoms with van der Waals surface area (Å²) in [5.41, 5.74) is 2.27. The van der Waals surface area contributed by atoms with Crippen LogP contribution < -0.4 is 4.90 Å². The third kappa shape index (κ3) is 16.0. The molecule has 4 amide bonds. The fraction of sp³-hybridized carbons (Fsp3) is 0.649. The number of nitrogens with zero attached hydrogens (tertiary/aromatic N) is 5. The molecular formula is C57H83N5O13. The van der Waals surface area contributed by atoms with Crippen LogP contribution in [0.25, 0.3) is 0 Å². The summed E-state index contributed by atoms with van der Waals surface area (Å²) >= 11 is 0. The number of rotatable bonds is 13. The smallest absolute Gasteiger partial charge is 0.329 e. The third-order valence-corrected chi connectivity index (χ3v) is 14.2. The topological polar surface area (TPSA) is 199 Å². The van der Waals surface area contributed by atoms with Gasteiger partial charge >= 0.3 is 23.9 Å². The quantitative estimate of drug-likeness (QED) is 0.176. The molecule has 2 aromatic rings. The van der Waals surface area contributed by atoms with Gasteiger partial charge in [-0.3, -0.25) is 19.2 Å². The van der Waals surface area contributed by atoms with Crippen LogP contribution in [0, 0.1) is 23.7 Å². The Bertz CT molecular complexity index is 2280. The number of anilines is 1. The summed E-state index contributed by atoms with van der Waals surface area (Å²) in [5.74, 6) is -7.18. The molecule has 18 nitrogen and oxygen atoms in total. The second kappa shape index (κ2) is 26.6. The summed E-state index contributed by atoms with van der Waals surface area (Å²) in [6, 6.07) is 11.4. The number of morpholine rings is 1. The van der Waals surface area contributed by atoms with Crippen LogP contribution in [-0.2, 0) is 74.9 Å². The third-order valence-electron chi connectivity index (χ3n) is 14.2. The van der Waals surface area contributed by atoms with Crippen LogP contribution >= 0.6 is 0 Å². The maximum Gasteiger partial charge on any atom is 0.329 e. The van der Waals surface area contributed by atoms with Crippen LogP contribution in [0.2, 0.25) is 0 Å². The first-order valence-electron chi connectivity index (χ1n) is 26.7. The number of fused-ring (bicyclic) bond motifs is 2. The number of hydrogen-bond donors (Lipinski definition) is 0. The molecular weight excluding hydrogens is 963 g/mol. The molecule has 6 rings (SSSR count). The van der Waals surface area contributed by atoms with Gasteiger partial charge in [0.05, 0.1) is 12.2 Å². The van der Waals surface area contributed by atoms with E-state index < -0.39 is 96.1 Å². The van der Waals surface area contributed by atoms with Crippen molar-refractivity contribution in [3.05, 3.63) is 65.7 Å². The first-order chi connectivity index (χ1) is 35.2. The van der Waals surface area contributed by atoms with E-state index >= 15 is 0 Å². The summed E-state index contributed by atoms with van der Waals surface area (Å²) in [4.78, 5) is 123. The predicted octanol–water partition coefficient (Wildman–Crippen LogP) is 5.64. The lowest BCUT2D eigenvalue weighted by molar-refractivity contribution is -0.176. The van der Waals surface area contributed by atoms with E-state index in [1.165, 1.54) is 46.9 Å². The highest BCUT2D eigenvalue weighted by atomic mass is 16.6. The van der Waals surface area contributed by atoms with E-state index in [9.17, 15) is 38.4 Å². The highest BCUT2D eigenvalue weighted by Gasteiger charge is 2.43. The lowest BCUT2D eigenvalue weighted by Crippen LogP contribution is -2.57. The van der Waals surface area contributed by atoms with Gasteiger partial charge in [-0.1, -0.05) is 97.9 Å². The Hall–Kier alpha value is -6.04. The maximum absolute atomic E-state index is 15.0. The minimum absolute atomic E-state index is 0.0848. The van der Waals surface area contributed by atoms with Crippen molar-refractivity contribution in [2.24, 2.45) is 23.7 Å². The average molecular weight is 1050 g/mol. The minimum atomic E-state index is -1.51. The molecule has 2 aromatic carbocycles. The van der Waals surface area contributed by atoms with Gasteiger partial charge in [-0.15, -0.1) is 0 Å². The fourth-order valence-electron chi connectivity index (χ4n) is 9.93. The zero-order valence-corrected chi connectivity index (χ0v) is 46.7. The molecule has 75 heavy (non-hydrogen) atoms. The molecule has 0 N–H and O–H groups in total. The molecule has 0 spiro atoms. The number of piperidine rings is 1. The summed E-state index contributed by atoms with van der Waals surface area (Å²) in [5, 5.41) is 0. The molecule has 10 atom stereocenters. The van der Waals surface area contributed by atoms with Crippen LogP contribution in [-0.4, -0.2) is 169 Å². The van der Waals surface area contributed by atoms with Gasteiger partial charge in [0, 0.05) is 66.2 Å². The van der Waals surface area contributed by atoms with Crippen LogP contribution in [0.1, 0.15) is 112 Å². The average Bonchev–Trinajstić information content (AvgIpc) is 3.35. The van der Waals surface area contributed by atoms with E-state index in [1.54, 1.807) is 30.3 Å². The van der Waals surface area contributed by atoms with Crippen molar-refractivity contribution in [1.29, 1.82) is 0 Å². The van der Waals surface area contributed by atoms with E-state index in [2.05, 4.69) is 4.90 Å². The summed E-state index contributed by atoms with van der Waals surface area (Å²) in [7, 11) is 5.60. The molecule has 4 aliphatic rings. The summed E-state index contributed by atoms with van der Waals surface area (Å²) < 4.78 is 29.9. The Morgan fingerprint density at radius 1 is 0.440 bits per heavy atom. The first-order valence-corrected chi connectivity index (χ1v) is 26.7. The van der Waals surface area contributed by atoms with E-state index in [0.717, 1.165) is 39.9 Å². The molecule has 0 radical (unpaired) electrons. The van der Waals surface area contributed by atoms with Crippen molar-refractivity contribution in [3.63, 3.8) is 0 Å². The van der Waals surface area contributed by atoms with Gasteiger partial charge in [0.2, 0.25) is 0 Å². The molecule has 2 unspecified atom stereocenters. The monoisotopic (exact) mass is 1050 g/mol. The largest absolute Gasteiger partial charge is 0.451 e. The van der Waals surface area contributed by atoms with Crippen LogP contribution in [0.15, 0.2) is 54.6 Å². The van der Waals surface area contributed by atoms with E-state index in [4.69, 9.17) is 23.7 Å². The van der Waals surface area contributed by atoms with Crippen molar-refractivity contribution in [2.75, 3.05) is 46.2 Å². The van der Waals surface area contributed by atoms with Crippen molar-refractivity contribution < 1.29 is 62.0 Å². The molecule has 0 aliphatic carbocycles.